The molecule has 5 aromatic carbocycles. The Morgan fingerprint density at radius 1 is 0.370 bits per heavy atom. The van der Waals surface area contributed by atoms with Gasteiger partial charge in [0.1, 0.15) is 44.9 Å². The minimum absolute atomic E-state index is 0.113. The molecule has 7 aromatic rings. The van der Waals surface area contributed by atoms with Crippen LogP contribution in [0.4, 0.5) is 0 Å². The van der Waals surface area contributed by atoms with Gasteiger partial charge in [-0.25, -0.2) is 0 Å². The summed E-state index contributed by atoms with van der Waals surface area (Å²) in [6.45, 7) is 25.7. The van der Waals surface area contributed by atoms with E-state index >= 15 is 0 Å². The molecule has 8 nitrogen and oxygen atoms in total. The topological polar surface area (TPSA) is 102 Å². The van der Waals surface area contributed by atoms with Crippen molar-refractivity contribution in [1.29, 1.82) is 0 Å². The second-order valence-electron chi connectivity index (χ2n) is 18.7. The first kappa shape index (κ1) is 36.8. The van der Waals surface area contributed by atoms with Crippen molar-refractivity contribution in [3.63, 3.8) is 0 Å². The monoisotopic (exact) mass is 720 g/mol. The smallest absolute Gasteiger partial charge is 0.146 e. The molecule has 2 N–H and O–H groups in total. The van der Waals surface area contributed by atoms with E-state index in [0.717, 1.165) is 66.6 Å². The van der Waals surface area contributed by atoms with Gasteiger partial charge in [-0.05, 0) is 91.4 Å². The van der Waals surface area contributed by atoms with E-state index in [1.165, 1.54) is 0 Å². The predicted octanol–water partition coefficient (Wildman–Crippen LogP) is 11.1. The van der Waals surface area contributed by atoms with Gasteiger partial charge < -0.3 is 10.2 Å². The maximum Gasteiger partial charge on any atom is 0.146 e. The predicted molar refractivity (Wildman–Crippen MR) is 220 cm³/mol. The standard InChI is InChI=1S/C46H52N6O2/c1-43(2,3)31-23-33(45(7,8)9)41(53)39(25-31)51-47-35-19-17-29(21-37(35)49-51)27-13-15-28(16-14-27)30-18-20-36-38(22-30)50-52(48-36)40-26-32(44(4,5)6)24-34(42(40)54)46(10,11)12/h13-26,53-54H,1-12H3. The molecule has 0 unspecified atom stereocenters. The van der Waals surface area contributed by atoms with Gasteiger partial charge in [0.05, 0.1) is 0 Å². The molecule has 0 amide bonds. The van der Waals surface area contributed by atoms with Crippen molar-refractivity contribution in [3.8, 4) is 45.1 Å². The lowest BCUT2D eigenvalue weighted by Crippen LogP contribution is -2.18. The molecule has 0 saturated heterocycles. The van der Waals surface area contributed by atoms with Crippen molar-refractivity contribution >= 4 is 22.1 Å². The van der Waals surface area contributed by atoms with Crippen LogP contribution in [0, 0.1) is 0 Å². The maximum atomic E-state index is 11.4. The van der Waals surface area contributed by atoms with Crippen molar-refractivity contribution in [3.05, 3.63) is 107 Å². The average molecular weight is 721 g/mol. The Balaban J connectivity index is 1.19. The van der Waals surface area contributed by atoms with Gasteiger partial charge in [0.2, 0.25) is 0 Å². The third-order valence-corrected chi connectivity index (χ3v) is 10.3. The number of nitrogens with zero attached hydrogens (tertiary/aromatic N) is 6. The van der Waals surface area contributed by atoms with Crippen LogP contribution in [0.1, 0.15) is 105 Å². The molecule has 7 rings (SSSR count). The van der Waals surface area contributed by atoms with Crippen molar-refractivity contribution < 1.29 is 10.2 Å². The molecular weight excluding hydrogens is 669 g/mol. The number of phenolic OH excluding ortho intramolecular Hbond substituents is 2. The quantitative estimate of drug-likeness (QED) is 0.188. The summed E-state index contributed by atoms with van der Waals surface area (Å²) in [6, 6.07) is 28.8. The SMILES string of the molecule is CC(C)(C)c1cc(-n2nc3ccc(-c4ccc(-c5ccc6nn(-c7cc(C(C)(C)C)cc(C(C)(C)C)c7O)nc6c5)cc4)cc3n2)c(O)c(C(C)(C)C)c1. The van der Waals surface area contributed by atoms with Gasteiger partial charge >= 0.3 is 0 Å². The highest BCUT2D eigenvalue weighted by molar-refractivity contribution is 5.84. The van der Waals surface area contributed by atoms with Crippen LogP contribution in [0.2, 0.25) is 0 Å². The number of aromatic hydroxyl groups is 2. The molecule has 0 bridgehead atoms. The summed E-state index contributed by atoms with van der Waals surface area (Å²) >= 11 is 0. The van der Waals surface area contributed by atoms with E-state index in [-0.39, 0.29) is 33.2 Å². The Morgan fingerprint density at radius 3 is 1.00 bits per heavy atom. The van der Waals surface area contributed by atoms with Gasteiger partial charge in [0, 0.05) is 11.1 Å². The fourth-order valence-electron chi connectivity index (χ4n) is 6.81. The van der Waals surface area contributed by atoms with E-state index < -0.39 is 0 Å². The molecule has 0 atom stereocenters. The fraction of sp³-hybridized carbons (Fsp3) is 0.348. The molecule has 0 radical (unpaired) electrons. The van der Waals surface area contributed by atoms with Gasteiger partial charge in [0.25, 0.3) is 0 Å². The summed E-state index contributed by atoms with van der Waals surface area (Å²) in [7, 11) is 0. The number of fused-ring (bicyclic) bond motifs is 2. The molecule has 2 heterocycles. The van der Waals surface area contributed by atoms with Crippen LogP contribution in [0.15, 0.2) is 84.9 Å². The Bertz CT molecular complexity index is 2370. The van der Waals surface area contributed by atoms with Crippen molar-refractivity contribution in [2.24, 2.45) is 0 Å². The van der Waals surface area contributed by atoms with Crippen molar-refractivity contribution in [2.75, 3.05) is 0 Å². The zero-order valence-corrected chi connectivity index (χ0v) is 33.7. The number of benzene rings is 5. The Morgan fingerprint density at radius 2 is 0.685 bits per heavy atom. The van der Waals surface area contributed by atoms with E-state index in [4.69, 9.17) is 20.4 Å². The summed E-state index contributed by atoms with van der Waals surface area (Å²) in [5.41, 5.74) is 11.6. The van der Waals surface area contributed by atoms with Crippen molar-refractivity contribution in [1.82, 2.24) is 30.0 Å². The third-order valence-electron chi connectivity index (χ3n) is 10.3. The summed E-state index contributed by atoms with van der Waals surface area (Å²) in [4.78, 5) is 3.13. The van der Waals surface area contributed by atoms with E-state index in [1.54, 1.807) is 9.59 Å². The third kappa shape index (κ3) is 6.86. The van der Waals surface area contributed by atoms with Crippen LogP contribution in [0.25, 0.3) is 55.7 Å². The van der Waals surface area contributed by atoms with Crippen LogP contribution < -0.4 is 0 Å². The molecule has 278 valence electrons. The fourth-order valence-corrected chi connectivity index (χ4v) is 6.81. The highest BCUT2D eigenvalue weighted by Crippen LogP contribution is 2.41. The van der Waals surface area contributed by atoms with Crippen LogP contribution >= 0.6 is 0 Å². The first-order chi connectivity index (χ1) is 25.1. The van der Waals surface area contributed by atoms with Crippen LogP contribution in [-0.2, 0) is 21.7 Å². The Hall–Kier alpha value is -5.50. The molecule has 0 saturated carbocycles. The second kappa shape index (κ2) is 12.5. The minimum Gasteiger partial charge on any atom is -0.505 e. The molecule has 0 fully saturated rings. The van der Waals surface area contributed by atoms with Gasteiger partial charge in [-0.2, -0.15) is 0 Å². The van der Waals surface area contributed by atoms with Crippen LogP contribution in [0.3, 0.4) is 0 Å². The normalized spacial score (nSPS) is 13.0. The zero-order valence-electron chi connectivity index (χ0n) is 33.7. The number of hydrogen-bond donors (Lipinski definition) is 2. The Kier molecular flexibility index (Phi) is 8.56. The molecule has 2 aromatic heterocycles. The van der Waals surface area contributed by atoms with E-state index in [1.807, 2.05) is 36.4 Å². The lowest BCUT2D eigenvalue weighted by atomic mass is 9.80. The number of aromatic nitrogens is 6. The van der Waals surface area contributed by atoms with Gasteiger partial charge in [-0.3, -0.25) is 0 Å². The van der Waals surface area contributed by atoms with Gasteiger partial charge in [-0.15, -0.1) is 30.0 Å². The van der Waals surface area contributed by atoms with E-state index in [0.29, 0.717) is 11.4 Å². The number of rotatable bonds is 4. The molecule has 0 aliphatic carbocycles. The number of phenols is 2. The minimum atomic E-state index is -0.255. The van der Waals surface area contributed by atoms with Gasteiger partial charge in [-0.1, -0.05) is 132 Å². The molecule has 0 spiro atoms. The molecule has 54 heavy (non-hydrogen) atoms. The first-order valence-electron chi connectivity index (χ1n) is 18.7. The highest BCUT2D eigenvalue weighted by Gasteiger charge is 2.28. The van der Waals surface area contributed by atoms with E-state index in [2.05, 4.69) is 132 Å². The maximum absolute atomic E-state index is 11.4. The lowest BCUT2D eigenvalue weighted by molar-refractivity contribution is 0.437. The molecule has 0 aliphatic rings. The van der Waals surface area contributed by atoms with Crippen LogP contribution in [-0.4, -0.2) is 40.2 Å². The molecule has 8 heteroatoms. The summed E-state index contributed by atoms with van der Waals surface area (Å²) in [5, 5.41) is 42.1. The number of hydrogen-bond acceptors (Lipinski definition) is 6. The molecular formula is C46H52N6O2. The van der Waals surface area contributed by atoms with Gasteiger partial charge in [0.15, 0.2) is 0 Å². The largest absolute Gasteiger partial charge is 0.505 e. The summed E-state index contributed by atoms with van der Waals surface area (Å²) in [5.74, 6) is 0.407. The van der Waals surface area contributed by atoms with Crippen molar-refractivity contribution in [2.45, 2.75) is 105 Å². The zero-order chi connectivity index (χ0) is 39.1. The Labute approximate surface area is 318 Å². The van der Waals surface area contributed by atoms with Crippen LogP contribution in [0.5, 0.6) is 11.5 Å². The average Bonchev–Trinajstić information content (AvgIpc) is 3.70. The summed E-state index contributed by atoms with van der Waals surface area (Å²) < 4.78 is 0. The summed E-state index contributed by atoms with van der Waals surface area (Å²) in [6.07, 6.45) is 0. The molecule has 0 aliphatic heterocycles. The first-order valence-corrected chi connectivity index (χ1v) is 18.7. The second-order valence-corrected chi connectivity index (χ2v) is 18.7. The van der Waals surface area contributed by atoms with E-state index in [9.17, 15) is 10.2 Å². The highest BCUT2D eigenvalue weighted by atomic mass is 16.3. The lowest BCUT2D eigenvalue weighted by Gasteiger charge is -2.27.